The molecule has 1 fully saturated rings. The highest BCUT2D eigenvalue weighted by molar-refractivity contribution is 6.33. The van der Waals surface area contributed by atoms with Crippen LogP contribution >= 0.6 is 11.6 Å². The minimum Gasteiger partial charge on any atom is -0.444 e. The Morgan fingerprint density at radius 2 is 1.95 bits per heavy atom. The number of hydrogen-bond acceptors (Lipinski definition) is 6. The standard InChI is InChI=1S/C29H32ClF2N3O5/c1-17(36)33-13-11-18-7-5-6-8-20(18)26-24(30)25(34-40-26)21-16-35(27(37)39-28(2,3)4)14-12-29(21,38)19-9-10-22(31)23(32)15-19/h5-10,15,21,38H,11-14,16H2,1-4H3,(H,33,36)/t21-,29+/m1/s1. The molecule has 1 aromatic heterocycles. The summed E-state index contributed by atoms with van der Waals surface area (Å²) in [6.07, 6.45) is -0.113. The molecule has 0 aliphatic carbocycles. The largest absolute Gasteiger partial charge is 0.444 e. The average Bonchev–Trinajstić information content (AvgIpc) is 3.25. The van der Waals surface area contributed by atoms with Crippen molar-refractivity contribution in [3.05, 3.63) is 75.9 Å². The van der Waals surface area contributed by atoms with Gasteiger partial charge in [0, 0.05) is 32.1 Å². The number of aliphatic hydroxyl groups is 1. The maximum atomic E-state index is 14.3. The van der Waals surface area contributed by atoms with Crippen molar-refractivity contribution in [2.75, 3.05) is 19.6 Å². The van der Waals surface area contributed by atoms with Gasteiger partial charge in [0.15, 0.2) is 17.4 Å². The second kappa shape index (κ2) is 11.5. The van der Waals surface area contributed by atoms with Gasteiger partial charge in [0.05, 0.1) is 5.92 Å². The number of hydrogen-bond donors (Lipinski definition) is 2. The molecule has 8 nitrogen and oxygen atoms in total. The zero-order valence-corrected chi connectivity index (χ0v) is 23.5. The summed E-state index contributed by atoms with van der Waals surface area (Å²) in [5, 5.41) is 19.1. The third-order valence-corrected chi connectivity index (χ3v) is 7.20. The van der Waals surface area contributed by atoms with E-state index in [9.17, 15) is 23.5 Å². The lowest BCUT2D eigenvalue weighted by Crippen LogP contribution is -2.51. The van der Waals surface area contributed by atoms with E-state index in [1.165, 1.54) is 17.9 Å². The first-order valence-corrected chi connectivity index (χ1v) is 13.3. The summed E-state index contributed by atoms with van der Waals surface area (Å²) in [7, 11) is 0. The number of carbonyl (C=O) groups is 2. The van der Waals surface area contributed by atoms with Crippen molar-refractivity contribution in [1.82, 2.24) is 15.4 Å². The van der Waals surface area contributed by atoms with Gasteiger partial charge in [-0.3, -0.25) is 4.79 Å². The minimum absolute atomic E-state index is 0.0200. The molecular formula is C29H32ClF2N3O5. The fourth-order valence-electron chi connectivity index (χ4n) is 4.87. The van der Waals surface area contributed by atoms with Crippen molar-refractivity contribution >= 4 is 23.6 Å². The lowest BCUT2D eigenvalue weighted by molar-refractivity contribution is -0.118. The number of ether oxygens (including phenoxy) is 1. The van der Waals surface area contributed by atoms with Gasteiger partial charge in [-0.15, -0.1) is 0 Å². The van der Waals surface area contributed by atoms with Crippen LogP contribution in [0.1, 0.15) is 56.9 Å². The van der Waals surface area contributed by atoms with Crippen molar-refractivity contribution in [1.29, 1.82) is 0 Å². The molecule has 11 heteroatoms. The highest BCUT2D eigenvalue weighted by atomic mass is 35.5. The van der Waals surface area contributed by atoms with Gasteiger partial charge in [0.25, 0.3) is 0 Å². The topological polar surface area (TPSA) is 105 Å². The summed E-state index contributed by atoms with van der Waals surface area (Å²) < 4.78 is 39.3. The molecule has 0 bridgehead atoms. The number of amides is 2. The van der Waals surface area contributed by atoms with Crippen molar-refractivity contribution in [2.24, 2.45) is 0 Å². The summed E-state index contributed by atoms with van der Waals surface area (Å²) >= 11 is 6.85. The Bertz CT molecular complexity index is 1410. The first-order valence-electron chi connectivity index (χ1n) is 12.9. The summed E-state index contributed by atoms with van der Waals surface area (Å²) in [5.74, 6) is -3.03. The SMILES string of the molecule is CC(=O)NCCc1ccccc1-c1onc([C@H]2CN(C(=O)OC(C)(C)C)CC[C@]2(O)c2ccc(F)c(F)c2)c1Cl. The molecule has 214 valence electrons. The normalized spacial score (nSPS) is 19.4. The summed E-state index contributed by atoms with van der Waals surface area (Å²) in [5.41, 5.74) is -0.732. The van der Waals surface area contributed by atoms with E-state index in [0.29, 0.717) is 18.5 Å². The number of aromatic nitrogens is 1. The molecule has 40 heavy (non-hydrogen) atoms. The second-order valence-corrected chi connectivity index (χ2v) is 11.3. The van der Waals surface area contributed by atoms with Crippen LogP contribution in [0, 0.1) is 11.6 Å². The van der Waals surface area contributed by atoms with Crippen molar-refractivity contribution in [2.45, 2.75) is 57.7 Å². The lowest BCUT2D eigenvalue weighted by Gasteiger charge is -2.44. The first-order chi connectivity index (χ1) is 18.8. The van der Waals surface area contributed by atoms with Crippen LogP contribution < -0.4 is 5.32 Å². The van der Waals surface area contributed by atoms with E-state index in [1.807, 2.05) is 12.1 Å². The molecule has 2 heterocycles. The Morgan fingerprint density at radius 1 is 1.23 bits per heavy atom. The number of rotatable bonds is 6. The molecule has 2 atom stereocenters. The third kappa shape index (κ3) is 6.28. The fourth-order valence-corrected chi connectivity index (χ4v) is 5.17. The van der Waals surface area contributed by atoms with Gasteiger partial charge in [-0.05, 0) is 56.9 Å². The number of carbonyl (C=O) groups excluding carboxylic acids is 2. The molecule has 1 saturated heterocycles. The van der Waals surface area contributed by atoms with Gasteiger partial charge < -0.3 is 24.6 Å². The Labute approximate surface area is 236 Å². The van der Waals surface area contributed by atoms with Crippen LogP contribution in [0.4, 0.5) is 13.6 Å². The smallest absolute Gasteiger partial charge is 0.410 e. The highest BCUT2D eigenvalue weighted by Crippen LogP contribution is 2.47. The van der Waals surface area contributed by atoms with E-state index in [4.69, 9.17) is 20.9 Å². The molecule has 2 N–H and O–H groups in total. The molecule has 0 radical (unpaired) electrons. The molecule has 0 saturated carbocycles. The average molecular weight is 576 g/mol. The summed E-state index contributed by atoms with van der Waals surface area (Å²) in [6.45, 7) is 7.09. The van der Waals surface area contributed by atoms with Crippen LogP contribution in [0.2, 0.25) is 5.02 Å². The van der Waals surface area contributed by atoms with Crippen LogP contribution in [-0.4, -0.2) is 52.4 Å². The quantitative estimate of drug-likeness (QED) is 0.398. The van der Waals surface area contributed by atoms with Crippen molar-refractivity contribution in [3.63, 3.8) is 0 Å². The number of halogens is 3. The van der Waals surface area contributed by atoms with Crippen LogP contribution in [0.5, 0.6) is 0 Å². The summed E-state index contributed by atoms with van der Waals surface area (Å²) in [4.78, 5) is 25.7. The van der Waals surface area contributed by atoms with Crippen LogP contribution in [0.3, 0.4) is 0 Å². The van der Waals surface area contributed by atoms with Crippen LogP contribution in [0.25, 0.3) is 11.3 Å². The van der Waals surface area contributed by atoms with Crippen molar-refractivity contribution in [3.8, 4) is 11.3 Å². The molecule has 2 aromatic carbocycles. The number of nitrogens with zero attached hydrogens (tertiary/aromatic N) is 2. The lowest BCUT2D eigenvalue weighted by atomic mass is 9.74. The minimum atomic E-state index is -1.75. The molecule has 2 amide bonds. The van der Waals surface area contributed by atoms with Gasteiger partial charge in [-0.2, -0.15) is 0 Å². The van der Waals surface area contributed by atoms with E-state index in [2.05, 4.69) is 10.5 Å². The predicted octanol–water partition coefficient (Wildman–Crippen LogP) is 5.56. The van der Waals surface area contributed by atoms with Gasteiger partial charge in [0.2, 0.25) is 5.91 Å². The maximum absolute atomic E-state index is 14.3. The van der Waals surface area contributed by atoms with Gasteiger partial charge in [0.1, 0.15) is 21.9 Å². The molecule has 1 aliphatic heterocycles. The van der Waals surface area contributed by atoms with Gasteiger partial charge >= 0.3 is 6.09 Å². The van der Waals surface area contributed by atoms with Gasteiger partial charge in [-0.1, -0.05) is 47.1 Å². The Kier molecular flexibility index (Phi) is 8.51. The monoisotopic (exact) mass is 575 g/mol. The number of nitrogens with one attached hydrogen (secondary N) is 1. The number of likely N-dealkylation sites (tertiary alicyclic amines) is 1. The van der Waals surface area contributed by atoms with E-state index in [0.717, 1.165) is 17.7 Å². The highest BCUT2D eigenvalue weighted by Gasteiger charge is 2.48. The Balaban J connectivity index is 1.75. The van der Waals surface area contributed by atoms with E-state index in [1.54, 1.807) is 32.9 Å². The predicted molar refractivity (Wildman–Crippen MR) is 145 cm³/mol. The van der Waals surface area contributed by atoms with E-state index < -0.39 is 34.8 Å². The Morgan fingerprint density at radius 3 is 2.62 bits per heavy atom. The van der Waals surface area contributed by atoms with E-state index in [-0.39, 0.29) is 47.5 Å². The number of piperidine rings is 1. The molecule has 1 aliphatic rings. The molecule has 0 unspecified atom stereocenters. The molecule has 4 rings (SSSR count). The maximum Gasteiger partial charge on any atom is 0.410 e. The zero-order chi connectivity index (χ0) is 29.2. The first kappa shape index (κ1) is 29.5. The molecule has 3 aromatic rings. The fraction of sp³-hybridized carbons (Fsp3) is 0.414. The van der Waals surface area contributed by atoms with E-state index >= 15 is 0 Å². The third-order valence-electron chi connectivity index (χ3n) is 6.83. The second-order valence-electron chi connectivity index (χ2n) is 10.9. The number of benzene rings is 2. The molecule has 0 spiro atoms. The van der Waals surface area contributed by atoms with Crippen LogP contribution in [0.15, 0.2) is 47.0 Å². The van der Waals surface area contributed by atoms with Gasteiger partial charge in [-0.25, -0.2) is 13.6 Å². The van der Waals surface area contributed by atoms with Crippen molar-refractivity contribution < 1.29 is 32.7 Å². The van der Waals surface area contributed by atoms with Crippen LogP contribution in [-0.2, 0) is 21.6 Å². The Hall–Kier alpha value is -3.50. The molecular weight excluding hydrogens is 544 g/mol. The summed E-state index contributed by atoms with van der Waals surface area (Å²) in [6, 6.07) is 10.5. The zero-order valence-electron chi connectivity index (χ0n) is 22.8.